The lowest BCUT2D eigenvalue weighted by Crippen LogP contribution is -2.12. The molecular formula is C14H16ClN3. The van der Waals surface area contributed by atoms with E-state index in [1.165, 1.54) is 5.56 Å². The minimum Gasteiger partial charge on any atom is -0.329 e. The number of halogens is 1. The highest BCUT2D eigenvalue weighted by Gasteiger charge is 2.07. The van der Waals surface area contributed by atoms with Crippen molar-refractivity contribution in [3.8, 4) is 0 Å². The Balaban J connectivity index is 2.31. The van der Waals surface area contributed by atoms with E-state index in [0.29, 0.717) is 0 Å². The normalized spacial score (nSPS) is 10.4. The summed E-state index contributed by atoms with van der Waals surface area (Å²) in [6, 6.07) is 10.3. The fraction of sp³-hybridized carbons (Fsp3) is 0.286. The summed E-state index contributed by atoms with van der Waals surface area (Å²) in [5.41, 5.74) is 3.27. The molecule has 0 aliphatic heterocycles. The summed E-state index contributed by atoms with van der Waals surface area (Å²) >= 11 is 5.88. The van der Waals surface area contributed by atoms with Gasteiger partial charge < -0.3 is 4.90 Å². The van der Waals surface area contributed by atoms with Crippen molar-refractivity contribution in [2.75, 3.05) is 11.9 Å². The van der Waals surface area contributed by atoms with E-state index in [1.54, 1.807) is 0 Å². The van der Waals surface area contributed by atoms with Gasteiger partial charge in [0.1, 0.15) is 5.82 Å². The zero-order valence-corrected chi connectivity index (χ0v) is 11.6. The Hall–Kier alpha value is -1.61. The van der Waals surface area contributed by atoms with Gasteiger partial charge in [-0.1, -0.05) is 19.1 Å². The van der Waals surface area contributed by atoms with Crippen LogP contribution in [-0.2, 0) is 6.42 Å². The fourth-order valence-corrected chi connectivity index (χ4v) is 2.00. The average molecular weight is 262 g/mol. The lowest BCUT2D eigenvalue weighted by atomic mass is 10.1. The quantitative estimate of drug-likeness (QED) is 0.788. The Kier molecular flexibility index (Phi) is 3.82. The smallest absolute Gasteiger partial charge is 0.224 e. The Morgan fingerprint density at radius 3 is 2.39 bits per heavy atom. The van der Waals surface area contributed by atoms with Crippen molar-refractivity contribution in [2.45, 2.75) is 20.3 Å². The standard InChI is InChI=1S/C14H16ClN3/c1-4-11-5-7-12(8-6-11)18(3)13-9-10(2)16-14(15)17-13/h5-9H,4H2,1-3H3. The first-order valence-corrected chi connectivity index (χ1v) is 6.32. The van der Waals surface area contributed by atoms with E-state index in [0.717, 1.165) is 23.6 Å². The van der Waals surface area contributed by atoms with E-state index < -0.39 is 0 Å². The molecule has 1 aromatic heterocycles. The molecule has 0 amide bonds. The predicted octanol–water partition coefficient (Wildman–Crippen LogP) is 3.77. The number of rotatable bonds is 3. The molecule has 1 aromatic carbocycles. The van der Waals surface area contributed by atoms with Crippen LogP contribution in [0.15, 0.2) is 30.3 Å². The van der Waals surface area contributed by atoms with Crippen LogP contribution in [0.25, 0.3) is 0 Å². The molecule has 0 spiro atoms. The molecule has 0 saturated heterocycles. The maximum Gasteiger partial charge on any atom is 0.224 e. The molecule has 0 fully saturated rings. The van der Waals surface area contributed by atoms with Gasteiger partial charge >= 0.3 is 0 Å². The lowest BCUT2D eigenvalue weighted by Gasteiger charge is -2.19. The summed E-state index contributed by atoms with van der Waals surface area (Å²) in [6.45, 7) is 4.05. The topological polar surface area (TPSA) is 29.0 Å². The van der Waals surface area contributed by atoms with Gasteiger partial charge in [0.15, 0.2) is 0 Å². The Bertz CT molecular complexity index is 517. The van der Waals surface area contributed by atoms with Crippen LogP contribution < -0.4 is 4.90 Å². The van der Waals surface area contributed by atoms with Crippen LogP contribution >= 0.6 is 11.6 Å². The van der Waals surface area contributed by atoms with Crippen molar-refractivity contribution < 1.29 is 0 Å². The molecule has 2 aromatic rings. The number of hydrogen-bond donors (Lipinski definition) is 0. The van der Waals surface area contributed by atoms with Crippen molar-refractivity contribution in [2.24, 2.45) is 0 Å². The summed E-state index contributed by atoms with van der Waals surface area (Å²) in [6.07, 6.45) is 1.04. The maximum absolute atomic E-state index is 5.88. The molecule has 1 heterocycles. The lowest BCUT2D eigenvalue weighted by molar-refractivity contribution is 1.04. The van der Waals surface area contributed by atoms with Crippen molar-refractivity contribution in [3.05, 3.63) is 46.9 Å². The van der Waals surface area contributed by atoms with Crippen molar-refractivity contribution in [3.63, 3.8) is 0 Å². The number of aromatic nitrogens is 2. The van der Waals surface area contributed by atoms with E-state index in [1.807, 2.05) is 24.9 Å². The van der Waals surface area contributed by atoms with Crippen LogP contribution in [0, 0.1) is 6.92 Å². The zero-order chi connectivity index (χ0) is 13.1. The number of aryl methyl sites for hydroxylation is 2. The molecule has 0 N–H and O–H groups in total. The predicted molar refractivity (Wildman–Crippen MR) is 75.7 cm³/mol. The van der Waals surface area contributed by atoms with Crippen LogP contribution in [-0.4, -0.2) is 17.0 Å². The second-order valence-corrected chi connectivity index (χ2v) is 4.55. The van der Waals surface area contributed by atoms with Gasteiger partial charge in [0.2, 0.25) is 5.28 Å². The van der Waals surface area contributed by atoms with Gasteiger partial charge in [0.25, 0.3) is 0 Å². The van der Waals surface area contributed by atoms with Gasteiger partial charge in [-0.2, -0.15) is 0 Å². The molecule has 4 heteroatoms. The third-order valence-electron chi connectivity index (χ3n) is 2.89. The molecule has 3 nitrogen and oxygen atoms in total. The first kappa shape index (κ1) is 12.8. The fourth-order valence-electron chi connectivity index (χ4n) is 1.78. The highest BCUT2D eigenvalue weighted by molar-refractivity contribution is 6.28. The van der Waals surface area contributed by atoms with Crippen molar-refractivity contribution >= 4 is 23.1 Å². The first-order valence-electron chi connectivity index (χ1n) is 5.94. The van der Waals surface area contributed by atoms with E-state index >= 15 is 0 Å². The zero-order valence-electron chi connectivity index (χ0n) is 10.8. The second kappa shape index (κ2) is 5.36. The molecule has 0 aliphatic rings. The van der Waals surface area contributed by atoms with Crippen molar-refractivity contribution in [1.82, 2.24) is 9.97 Å². The molecule has 0 atom stereocenters. The van der Waals surface area contributed by atoms with Gasteiger partial charge in [-0.05, 0) is 42.6 Å². The van der Waals surface area contributed by atoms with Crippen LogP contribution in [0.5, 0.6) is 0 Å². The van der Waals surface area contributed by atoms with Crippen LogP contribution in [0.3, 0.4) is 0 Å². The molecule has 0 radical (unpaired) electrons. The van der Waals surface area contributed by atoms with E-state index in [9.17, 15) is 0 Å². The molecule has 2 rings (SSSR count). The molecular weight excluding hydrogens is 246 g/mol. The molecule has 0 unspecified atom stereocenters. The van der Waals surface area contributed by atoms with Gasteiger partial charge in [0, 0.05) is 24.5 Å². The average Bonchev–Trinajstić information content (AvgIpc) is 2.37. The third-order valence-corrected chi connectivity index (χ3v) is 3.06. The second-order valence-electron chi connectivity index (χ2n) is 4.22. The summed E-state index contributed by atoms with van der Waals surface area (Å²) < 4.78 is 0. The number of nitrogens with zero attached hydrogens (tertiary/aromatic N) is 3. The summed E-state index contributed by atoms with van der Waals surface area (Å²) in [7, 11) is 1.97. The maximum atomic E-state index is 5.88. The molecule has 0 saturated carbocycles. The SMILES string of the molecule is CCc1ccc(N(C)c2cc(C)nc(Cl)n2)cc1. The summed E-state index contributed by atoms with van der Waals surface area (Å²) in [5, 5.41) is 0.280. The van der Waals surface area contributed by atoms with Crippen LogP contribution in [0.2, 0.25) is 5.28 Å². The molecule has 0 bridgehead atoms. The van der Waals surface area contributed by atoms with Gasteiger partial charge in [-0.3, -0.25) is 0 Å². The minimum absolute atomic E-state index is 0.280. The molecule has 18 heavy (non-hydrogen) atoms. The monoisotopic (exact) mass is 261 g/mol. The Morgan fingerprint density at radius 2 is 1.83 bits per heavy atom. The van der Waals surface area contributed by atoms with E-state index in [-0.39, 0.29) is 5.28 Å². The van der Waals surface area contributed by atoms with Gasteiger partial charge in [-0.15, -0.1) is 0 Å². The van der Waals surface area contributed by atoms with Gasteiger partial charge in [0.05, 0.1) is 0 Å². The first-order chi connectivity index (χ1) is 8.60. The molecule has 0 aliphatic carbocycles. The Morgan fingerprint density at radius 1 is 1.17 bits per heavy atom. The number of hydrogen-bond acceptors (Lipinski definition) is 3. The highest BCUT2D eigenvalue weighted by Crippen LogP contribution is 2.23. The van der Waals surface area contributed by atoms with Crippen LogP contribution in [0.1, 0.15) is 18.2 Å². The Labute approximate surface area is 112 Å². The molecule has 94 valence electrons. The van der Waals surface area contributed by atoms with Crippen molar-refractivity contribution in [1.29, 1.82) is 0 Å². The van der Waals surface area contributed by atoms with E-state index in [4.69, 9.17) is 11.6 Å². The summed E-state index contributed by atoms with van der Waals surface area (Å²) in [5.74, 6) is 0.803. The summed E-state index contributed by atoms with van der Waals surface area (Å²) in [4.78, 5) is 10.3. The minimum atomic E-state index is 0.280. The highest BCUT2D eigenvalue weighted by atomic mass is 35.5. The largest absolute Gasteiger partial charge is 0.329 e. The number of anilines is 2. The number of benzene rings is 1. The van der Waals surface area contributed by atoms with E-state index in [2.05, 4.69) is 41.2 Å². The third kappa shape index (κ3) is 2.79. The van der Waals surface area contributed by atoms with Crippen LogP contribution in [0.4, 0.5) is 11.5 Å². The van der Waals surface area contributed by atoms with Gasteiger partial charge in [-0.25, -0.2) is 9.97 Å².